The number of phenols is 1. The number of aliphatic hydroxyl groups excluding tert-OH is 3. The minimum atomic E-state index is -1.85. The molecule has 0 bridgehead atoms. The van der Waals surface area contributed by atoms with E-state index in [1.807, 2.05) is 13.8 Å². The van der Waals surface area contributed by atoms with E-state index >= 15 is 0 Å². The third-order valence-electron chi connectivity index (χ3n) is 19.4. The number of hydrogen-bond donors (Lipinski definition) is 22. The zero-order chi connectivity index (χ0) is 86.0. The van der Waals surface area contributed by atoms with Crippen molar-refractivity contribution in [3.05, 3.63) is 29.8 Å². The number of likely N-dealkylation sites (tertiary alicyclic amines) is 2. The van der Waals surface area contributed by atoms with Crippen molar-refractivity contribution in [1.29, 1.82) is 0 Å². The van der Waals surface area contributed by atoms with Crippen molar-refractivity contribution in [3.63, 3.8) is 0 Å². The molecule has 28 N–H and O–H groups in total. The van der Waals surface area contributed by atoms with Gasteiger partial charge in [-0.2, -0.15) is 0 Å². The van der Waals surface area contributed by atoms with Crippen LogP contribution in [0.15, 0.2) is 29.3 Å². The van der Waals surface area contributed by atoms with Crippen LogP contribution >= 0.6 is 0 Å². The number of unbranched alkanes of at least 4 members (excludes halogenated alkanes) is 2. The summed E-state index contributed by atoms with van der Waals surface area (Å²) in [7, 11) is 0. The summed E-state index contributed by atoms with van der Waals surface area (Å²) in [6, 6.07) is -14.8. The van der Waals surface area contributed by atoms with Crippen LogP contribution in [0.4, 0.5) is 0 Å². The minimum Gasteiger partial charge on any atom is -0.508 e. The van der Waals surface area contributed by atoms with E-state index in [1.165, 1.54) is 56.9 Å². The van der Waals surface area contributed by atoms with Crippen LogP contribution < -0.4 is 92.9 Å². The summed E-state index contributed by atoms with van der Waals surface area (Å²) in [5.41, 5.74) is 34.8. The smallest absolute Gasteiger partial charge is 0.326 e. The number of rotatable bonds is 50. The van der Waals surface area contributed by atoms with E-state index in [2.05, 4.69) is 63.5 Å². The average Bonchev–Trinajstić information content (AvgIpc) is 1.61. The number of phenolic OH excluding ortho intramolecular Hbond substituents is 1. The Kier molecular flexibility index (Phi) is 42.3. The van der Waals surface area contributed by atoms with Crippen molar-refractivity contribution in [2.75, 3.05) is 39.3 Å². The number of carbonyl (C=O) groups is 15. The van der Waals surface area contributed by atoms with E-state index < -0.39 is 223 Å². The molecule has 0 spiro atoms. The van der Waals surface area contributed by atoms with Gasteiger partial charge >= 0.3 is 5.97 Å². The molecule has 0 saturated carbocycles. The quantitative estimate of drug-likeness (QED) is 0.0164. The van der Waals surface area contributed by atoms with Gasteiger partial charge in [-0.05, 0) is 158 Å². The number of nitrogens with two attached hydrogens (primary N) is 6. The van der Waals surface area contributed by atoms with Gasteiger partial charge in [-0.3, -0.25) is 72.1 Å². The molecule has 40 nitrogen and oxygen atoms in total. The molecule has 642 valence electrons. The number of carbonyl (C=O) groups excluding carboxylic acids is 14. The van der Waals surface area contributed by atoms with Gasteiger partial charge in [-0.15, -0.1) is 0 Å². The number of nitrogens with one attached hydrogen (secondary N) is 11. The lowest BCUT2D eigenvalue weighted by Crippen LogP contribution is -2.62. The molecular formula is C74H126N20O20. The predicted octanol–water partition coefficient (Wildman–Crippen LogP) is -5.99. The van der Waals surface area contributed by atoms with Crippen LogP contribution in [0.25, 0.3) is 0 Å². The number of carboxylic acids is 1. The number of guanidine groups is 1. The summed E-state index contributed by atoms with van der Waals surface area (Å²) in [6.07, 6.45) is -2.39. The van der Waals surface area contributed by atoms with Crippen molar-refractivity contribution < 1.29 is 97.5 Å². The van der Waals surface area contributed by atoms with Gasteiger partial charge in [0.1, 0.15) is 84.3 Å². The van der Waals surface area contributed by atoms with E-state index in [-0.39, 0.29) is 115 Å². The normalized spacial score (nSPS) is 17.8. The Bertz CT molecular complexity index is 3430. The highest BCUT2D eigenvalue weighted by Gasteiger charge is 2.44. The Morgan fingerprint density at radius 2 is 0.851 bits per heavy atom. The lowest BCUT2D eigenvalue weighted by Gasteiger charge is -2.33. The van der Waals surface area contributed by atoms with Crippen molar-refractivity contribution in [2.24, 2.45) is 63.1 Å². The number of amides is 14. The lowest BCUT2D eigenvalue weighted by atomic mass is 9.99. The number of carboxylic acid groups (broad SMARTS) is 1. The molecule has 3 rings (SSSR count). The number of aliphatic hydroxyl groups is 3. The summed E-state index contributed by atoms with van der Waals surface area (Å²) in [5.74, 6) is -16.5. The molecule has 40 heteroatoms. The fourth-order valence-electron chi connectivity index (χ4n) is 12.9. The van der Waals surface area contributed by atoms with Crippen molar-refractivity contribution >= 4 is 94.6 Å². The zero-order valence-electron chi connectivity index (χ0n) is 67.1. The Labute approximate surface area is 664 Å². The van der Waals surface area contributed by atoms with E-state index in [0.717, 1.165) is 4.90 Å². The molecule has 2 aliphatic rings. The third-order valence-corrected chi connectivity index (χ3v) is 19.4. The van der Waals surface area contributed by atoms with Crippen LogP contribution in [-0.4, -0.2) is 266 Å². The van der Waals surface area contributed by atoms with Gasteiger partial charge in [0.2, 0.25) is 82.7 Å². The molecule has 1 aromatic carbocycles. The first-order valence-electron chi connectivity index (χ1n) is 39.0. The van der Waals surface area contributed by atoms with E-state index in [4.69, 9.17) is 34.4 Å². The maximum Gasteiger partial charge on any atom is 0.326 e. The Balaban J connectivity index is 1.92. The molecule has 0 radical (unpaired) electrons. The number of nitrogens with zero attached hydrogens (tertiary/aromatic N) is 3. The molecule has 2 aliphatic heterocycles. The Morgan fingerprint density at radius 3 is 1.31 bits per heavy atom. The van der Waals surface area contributed by atoms with E-state index in [9.17, 15) is 97.5 Å². The molecule has 2 fully saturated rings. The van der Waals surface area contributed by atoms with Gasteiger partial charge in [-0.25, -0.2) is 4.79 Å². The van der Waals surface area contributed by atoms with Gasteiger partial charge in [0, 0.05) is 32.5 Å². The highest BCUT2D eigenvalue weighted by Crippen LogP contribution is 2.24. The largest absolute Gasteiger partial charge is 0.508 e. The van der Waals surface area contributed by atoms with Gasteiger partial charge in [0.25, 0.3) is 0 Å². The first kappa shape index (κ1) is 98.3. The molecule has 0 aliphatic carbocycles. The summed E-state index contributed by atoms with van der Waals surface area (Å²) in [5, 5.41) is 80.0. The fourth-order valence-corrected chi connectivity index (χ4v) is 12.9. The van der Waals surface area contributed by atoms with Gasteiger partial charge in [-0.1, -0.05) is 67.5 Å². The molecule has 2 saturated heterocycles. The van der Waals surface area contributed by atoms with Crippen molar-refractivity contribution in [3.8, 4) is 5.75 Å². The molecule has 14 amide bonds. The first-order valence-corrected chi connectivity index (χ1v) is 39.0. The van der Waals surface area contributed by atoms with Crippen LogP contribution in [0.1, 0.15) is 171 Å². The lowest BCUT2D eigenvalue weighted by molar-refractivity contribution is -0.151. The Morgan fingerprint density at radius 1 is 0.465 bits per heavy atom. The van der Waals surface area contributed by atoms with Gasteiger partial charge < -0.3 is 128 Å². The zero-order valence-corrected chi connectivity index (χ0v) is 67.1. The second-order valence-electron chi connectivity index (χ2n) is 30.5. The molecular weight excluding hydrogens is 1490 g/mol. The minimum absolute atomic E-state index is 0.0112. The predicted molar refractivity (Wildman–Crippen MR) is 417 cm³/mol. The van der Waals surface area contributed by atoms with E-state index in [1.54, 1.807) is 27.7 Å². The van der Waals surface area contributed by atoms with Gasteiger partial charge in [0.05, 0.1) is 24.9 Å². The summed E-state index contributed by atoms with van der Waals surface area (Å²) in [4.78, 5) is 215. The summed E-state index contributed by atoms with van der Waals surface area (Å²) in [6.45, 7) is 14.9. The van der Waals surface area contributed by atoms with Crippen LogP contribution in [-0.2, 0) is 78.3 Å². The first-order chi connectivity index (χ1) is 53.6. The molecule has 114 heavy (non-hydrogen) atoms. The summed E-state index contributed by atoms with van der Waals surface area (Å²) >= 11 is 0. The molecule has 2 heterocycles. The van der Waals surface area contributed by atoms with Gasteiger partial charge in [0.15, 0.2) is 5.96 Å². The topological polar surface area (TPSA) is 664 Å². The number of aromatic hydroxyl groups is 1. The van der Waals surface area contributed by atoms with Crippen LogP contribution in [0.5, 0.6) is 5.75 Å². The number of benzene rings is 1. The van der Waals surface area contributed by atoms with E-state index in [0.29, 0.717) is 31.2 Å². The third kappa shape index (κ3) is 32.2. The summed E-state index contributed by atoms with van der Waals surface area (Å²) < 4.78 is 0. The maximum absolute atomic E-state index is 14.8. The standard InChI is InChI=1S/C74H126N20O20/c1-37(2)34-45(77)60(100)88-55(38(3)4)68(108)84-48(20-15-31-81-74(79)80)62(102)86-50(35-43-23-25-44(98)26-24-43)65(105)91-58(41(9)96)70(110)85-46(18-11-13-29-75)61(101)82-47(19-12-14-30-76)63(103)90-57(40(7)8)71(111)93-32-16-21-52(93)67(107)83-49(27-28-54(78)99)64(104)89-56(39(5)6)69(109)87-51(36-95)66(106)92-59(42(10)97)72(112)94-33-17-22-53(94)73(113)114/h23-26,37-42,45-53,55-59,95-98H,11-22,27-36,75-77H2,1-10H3,(H2,78,99)(H,82,101)(H,83,107)(H,84,108)(H,85,110)(H,86,102)(H,87,109)(H,88,100)(H,89,104)(H,90,103)(H,91,105)(H,92,106)(H,113,114)(H4,79,80,81)/t41-,42-,45+,46+,47+,48+,49+,50+,51+,52+,53+,55+,56+,57+,58+,59+/m1/s1. The highest BCUT2D eigenvalue weighted by atomic mass is 16.4. The molecule has 0 unspecified atom stereocenters. The monoisotopic (exact) mass is 1610 g/mol. The average molecular weight is 1620 g/mol. The second kappa shape index (κ2) is 49.0. The maximum atomic E-state index is 14.8. The van der Waals surface area contributed by atoms with Crippen LogP contribution in [0.2, 0.25) is 0 Å². The second-order valence-corrected chi connectivity index (χ2v) is 30.5. The fraction of sp³-hybridized carbons (Fsp3) is 0.703. The number of hydrogen-bond acceptors (Lipinski definition) is 23. The van der Waals surface area contributed by atoms with Crippen molar-refractivity contribution in [1.82, 2.24) is 68.3 Å². The highest BCUT2D eigenvalue weighted by molar-refractivity contribution is 6.01. The van der Waals surface area contributed by atoms with Crippen LogP contribution in [0.3, 0.4) is 0 Å². The SMILES string of the molecule is CC(C)C[C@H](N)C(=O)N[C@H](C(=O)N[C@@H](CCCN=C(N)N)C(=O)N[C@@H](Cc1ccc(O)cc1)C(=O)N[C@H](C(=O)N[C@@H](CCCCN)C(=O)N[C@@H](CCCCN)C(=O)N[C@H](C(=O)N1CCC[C@H]1C(=O)N[C@@H](CCC(N)=O)C(=O)N[C@H](C(=O)N[C@@H](CO)C(=O)N[C@H](C(=O)N1CCC[C@H]1C(=O)O)[C@@H](C)O)C(C)C)C(C)C)[C@@H](C)O)C(C)C. The van der Waals surface area contributed by atoms with Crippen molar-refractivity contribution in [2.45, 2.75) is 269 Å². The van der Waals surface area contributed by atoms with Crippen LogP contribution in [0, 0.1) is 23.7 Å². The number of aliphatic imine (C=N–C) groups is 1. The number of aliphatic carboxylic acids is 1. The number of primary amides is 1. The molecule has 1 aromatic rings. The molecule has 16 atom stereocenters. The Hall–Kier alpha value is -9.90. The molecule has 0 aromatic heterocycles.